The summed E-state index contributed by atoms with van der Waals surface area (Å²) in [7, 11) is 0. The summed E-state index contributed by atoms with van der Waals surface area (Å²) >= 11 is 0. The predicted molar refractivity (Wildman–Crippen MR) is 101 cm³/mol. The van der Waals surface area contributed by atoms with E-state index in [0.717, 1.165) is 67.1 Å². The highest BCUT2D eigenvalue weighted by Gasteiger charge is 2.20. The zero-order chi connectivity index (χ0) is 18.4. The number of carbonyl (C=O) groups is 1. The van der Waals surface area contributed by atoms with Gasteiger partial charge in [0.2, 0.25) is 6.41 Å². The molecule has 0 saturated carbocycles. The molecule has 2 aliphatic heterocycles. The Kier molecular flexibility index (Phi) is 3.81. The summed E-state index contributed by atoms with van der Waals surface area (Å²) in [5.41, 5.74) is 3.04. The van der Waals surface area contributed by atoms with Crippen LogP contribution >= 0.6 is 0 Å². The van der Waals surface area contributed by atoms with Crippen LogP contribution in [0.3, 0.4) is 0 Å². The van der Waals surface area contributed by atoms with E-state index in [2.05, 4.69) is 19.4 Å². The van der Waals surface area contributed by atoms with Crippen LogP contribution in [0.25, 0.3) is 22.2 Å². The molecule has 3 aromatic rings. The van der Waals surface area contributed by atoms with E-state index in [1.165, 1.54) is 6.07 Å². The number of anilines is 1. The number of aryl methyl sites for hydroxylation is 2. The van der Waals surface area contributed by atoms with Crippen molar-refractivity contribution in [3.8, 4) is 11.1 Å². The van der Waals surface area contributed by atoms with E-state index >= 15 is 0 Å². The van der Waals surface area contributed by atoms with Gasteiger partial charge in [-0.3, -0.25) is 4.79 Å². The van der Waals surface area contributed by atoms with Crippen LogP contribution in [0.1, 0.15) is 12.2 Å². The molecule has 4 heterocycles. The predicted octanol–water partition coefficient (Wildman–Crippen LogP) is 2.46. The molecule has 1 fully saturated rings. The minimum atomic E-state index is -0.270. The van der Waals surface area contributed by atoms with Gasteiger partial charge in [0.25, 0.3) is 0 Å². The molecule has 0 atom stereocenters. The van der Waals surface area contributed by atoms with Crippen molar-refractivity contribution in [1.82, 2.24) is 19.4 Å². The average molecular weight is 365 g/mol. The second kappa shape index (κ2) is 6.33. The summed E-state index contributed by atoms with van der Waals surface area (Å²) < 4.78 is 16.9. The summed E-state index contributed by atoms with van der Waals surface area (Å²) in [5, 5.41) is 0. The summed E-state index contributed by atoms with van der Waals surface area (Å²) in [6.07, 6.45) is 4.67. The number of hydrogen-bond donors (Lipinski definition) is 0. The van der Waals surface area contributed by atoms with Gasteiger partial charge < -0.3 is 14.4 Å². The van der Waals surface area contributed by atoms with E-state index in [1.807, 2.05) is 18.2 Å². The van der Waals surface area contributed by atoms with Gasteiger partial charge in [-0.05, 0) is 24.6 Å². The molecule has 5 rings (SSSR count). The molecule has 138 valence electrons. The van der Waals surface area contributed by atoms with Crippen molar-refractivity contribution in [2.24, 2.45) is 0 Å². The summed E-state index contributed by atoms with van der Waals surface area (Å²) in [6, 6.07) is 7.27. The van der Waals surface area contributed by atoms with Crippen molar-refractivity contribution >= 4 is 23.3 Å². The number of aromatic nitrogens is 3. The lowest BCUT2D eigenvalue weighted by Crippen LogP contribution is -2.45. The highest BCUT2D eigenvalue weighted by molar-refractivity contribution is 5.83. The zero-order valence-electron chi connectivity index (χ0n) is 14.9. The fourth-order valence-corrected chi connectivity index (χ4v) is 4.04. The molecule has 1 saturated heterocycles. The van der Waals surface area contributed by atoms with Crippen molar-refractivity contribution in [3.63, 3.8) is 0 Å². The van der Waals surface area contributed by atoms with Gasteiger partial charge in [0.1, 0.15) is 17.5 Å². The van der Waals surface area contributed by atoms with E-state index in [0.29, 0.717) is 18.7 Å². The maximum Gasteiger partial charge on any atom is 0.209 e. The quantitative estimate of drug-likeness (QED) is 0.669. The highest BCUT2D eigenvalue weighted by Crippen LogP contribution is 2.31. The number of nitrogens with zero attached hydrogens (tertiary/aromatic N) is 5. The van der Waals surface area contributed by atoms with E-state index in [9.17, 15) is 9.18 Å². The molecule has 6 nitrogen and oxygen atoms in total. The smallest absolute Gasteiger partial charge is 0.209 e. The van der Waals surface area contributed by atoms with Gasteiger partial charge in [-0.25, -0.2) is 14.4 Å². The molecule has 2 aliphatic rings. The monoisotopic (exact) mass is 365 g/mol. The molecule has 2 aromatic heterocycles. The van der Waals surface area contributed by atoms with Crippen molar-refractivity contribution in [2.75, 3.05) is 31.1 Å². The number of hydrogen-bond acceptors (Lipinski definition) is 4. The first-order chi connectivity index (χ1) is 13.2. The Bertz CT molecular complexity index is 1010. The SMILES string of the molecule is O=CN1CCN(c2ccc(-c3cc4c(cc3F)nc3n4CCC3)cn2)CC1. The van der Waals surface area contributed by atoms with Crippen molar-refractivity contribution in [3.05, 3.63) is 42.1 Å². The Morgan fingerprint density at radius 3 is 2.67 bits per heavy atom. The number of piperazine rings is 1. The minimum absolute atomic E-state index is 0.270. The van der Waals surface area contributed by atoms with E-state index in [-0.39, 0.29) is 5.82 Å². The normalized spacial score (nSPS) is 16.8. The van der Waals surface area contributed by atoms with Gasteiger partial charge in [0.15, 0.2) is 0 Å². The van der Waals surface area contributed by atoms with Gasteiger partial charge in [-0.2, -0.15) is 0 Å². The van der Waals surface area contributed by atoms with Gasteiger partial charge in [-0.15, -0.1) is 0 Å². The van der Waals surface area contributed by atoms with E-state index in [1.54, 1.807) is 11.1 Å². The maximum absolute atomic E-state index is 14.7. The summed E-state index contributed by atoms with van der Waals surface area (Å²) in [4.78, 5) is 23.8. The lowest BCUT2D eigenvalue weighted by atomic mass is 10.1. The molecule has 0 aliphatic carbocycles. The number of imidazole rings is 1. The molecule has 1 amide bonds. The fraction of sp³-hybridized carbons (Fsp3) is 0.350. The minimum Gasteiger partial charge on any atom is -0.353 e. The fourth-order valence-electron chi connectivity index (χ4n) is 4.04. The molecular formula is C20H20FN5O. The lowest BCUT2D eigenvalue weighted by Gasteiger charge is -2.33. The Labute approximate surface area is 156 Å². The number of halogens is 1. The Morgan fingerprint density at radius 2 is 1.93 bits per heavy atom. The molecular weight excluding hydrogens is 345 g/mol. The third kappa shape index (κ3) is 2.74. The molecule has 0 unspecified atom stereocenters. The number of benzene rings is 1. The molecule has 0 spiro atoms. The third-order valence-corrected chi connectivity index (χ3v) is 5.54. The Morgan fingerprint density at radius 1 is 1.07 bits per heavy atom. The zero-order valence-corrected chi connectivity index (χ0v) is 14.9. The number of carbonyl (C=O) groups excluding carboxylic acids is 1. The van der Waals surface area contributed by atoms with Crippen LogP contribution in [0.4, 0.5) is 10.2 Å². The first kappa shape index (κ1) is 16.2. The molecule has 0 bridgehead atoms. The van der Waals surface area contributed by atoms with Crippen LogP contribution in [-0.2, 0) is 17.8 Å². The van der Waals surface area contributed by atoms with Crippen molar-refractivity contribution < 1.29 is 9.18 Å². The van der Waals surface area contributed by atoms with Crippen molar-refractivity contribution in [1.29, 1.82) is 0 Å². The second-order valence-electron chi connectivity index (χ2n) is 7.14. The van der Waals surface area contributed by atoms with E-state index in [4.69, 9.17) is 0 Å². The molecule has 0 radical (unpaired) electrons. The number of amides is 1. The maximum atomic E-state index is 14.7. The van der Waals surface area contributed by atoms with Crippen LogP contribution in [0, 0.1) is 5.82 Å². The lowest BCUT2D eigenvalue weighted by molar-refractivity contribution is -0.118. The van der Waals surface area contributed by atoms with Crippen LogP contribution in [0.15, 0.2) is 30.5 Å². The first-order valence-electron chi connectivity index (χ1n) is 9.32. The Balaban J connectivity index is 1.45. The standard InChI is InChI=1S/C20H20FN5O/c21-16-11-17-18(26-5-1-2-20(26)23-17)10-15(16)14-3-4-19(22-12-14)25-8-6-24(13-27)7-9-25/h3-4,10-13H,1-2,5-9H2. The molecule has 0 N–H and O–H groups in total. The second-order valence-corrected chi connectivity index (χ2v) is 7.14. The van der Waals surface area contributed by atoms with Gasteiger partial charge in [0, 0.05) is 62.5 Å². The average Bonchev–Trinajstić information content (AvgIpc) is 3.29. The number of pyridine rings is 1. The van der Waals surface area contributed by atoms with Crippen LogP contribution in [0.2, 0.25) is 0 Å². The van der Waals surface area contributed by atoms with E-state index < -0.39 is 0 Å². The molecule has 7 heteroatoms. The van der Waals surface area contributed by atoms with Gasteiger partial charge in [0.05, 0.1) is 11.0 Å². The summed E-state index contributed by atoms with van der Waals surface area (Å²) in [5.74, 6) is 1.63. The summed E-state index contributed by atoms with van der Waals surface area (Å²) in [6.45, 7) is 3.86. The van der Waals surface area contributed by atoms with Gasteiger partial charge in [-0.1, -0.05) is 0 Å². The number of fused-ring (bicyclic) bond motifs is 3. The van der Waals surface area contributed by atoms with Crippen LogP contribution in [0.5, 0.6) is 0 Å². The molecule has 27 heavy (non-hydrogen) atoms. The molecule has 1 aromatic carbocycles. The largest absolute Gasteiger partial charge is 0.353 e. The Hall–Kier alpha value is -2.96. The third-order valence-electron chi connectivity index (χ3n) is 5.54. The topological polar surface area (TPSA) is 54.3 Å². The number of rotatable bonds is 3. The van der Waals surface area contributed by atoms with Crippen LogP contribution < -0.4 is 4.90 Å². The highest BCUT2D eigenvalue weighted by atomic mass is 19.1. The first-order valence-corrected chi connectivity index (χ1v) is 9.32. The van der Waals surface area contributed by atoms with Crippen molar-refractivity contribution in [2.45, 2.75) is 19.4 Å². The van der Waals surface area contributed by atoms with Crippen LogP contribution in [-0.4, -0.2) is 52.0 Å². The van der Waals surface area contributed by atoms with Gasteiger partial charge >= 0.3 is 0 Å².